The van der Waals surface area contributed by atoms with Crippen LogP contribution in [0.3, 0.4) is 0 Å². The second-order valence-electron chi connectivity index (χ2n) is 8.45. The van der Waals surface area contributed by atoms with Crippen LogP contribution in [0.1, 0.15) is 73.4 Å². The van der Waals surface area contributed by atoms with Gasteiger partial charge in [-0.2, -0.15) is 0 Å². The molecule has 1 aliphatic rings. The third-order valence-corrected chi connectivity index (χ3v) is 6.89. The molecule has 0 spiro atoms. The second kappa shape index (κ2) is 10.8. The number of aryl methyl sites for hydroxylation is 2. The van der Waals surface area contributed by atoms with Crippen molar-refractivity contribution in [3.05, 3.63) is 71.3 Å². The van der Waals surface area contributed by atoms with E-state index in [1.165, 1.54) is 50.5 Å². The van der Waals surface area contributed by atoms with Gasteiger partial charge in [-0.1, -0.05) is 81.8 Å². The number of unbranched alkanes of at least 4 members (excludes halogenated alkanes) is 6. The smallest absolute Gasteiger partial charge is 0.408 e. The van der Waals surface area contributed by atoms with E-state index in [0.29, 0.717) is 17.1 Å². The molecular formula is C27H31O4P. The Hall–Kier alpha value is -2.58. The van der Waals surface area contributed by atoms with Crippen molar-refractivity contribution >= 4 is 25.3 Å². The second-order valence-corrected chi connectivity index (χ2v) is 9.45. The monoisotopic (exact) mass is 450 g/mol. The van der Waals surface area contributed by atoms with Crippen LogP contribution < -0.4 is 9.05 Å². The zero-order valence-corrected chi connectivity index (χ0v) is 19.8. The molecular weight excluding hydrogens is 419 g/mol. The zero-order chi connectivity index (χ0) is 22.3. The first-order valence-corrected chi connectivity index (χ1v) is 12.7. The molecule has 1 atom stereocenters. The maximum absolute atomic E-state index is 12.5. The normalized spacial score (nSPS) is 15.2. The predicted octanol–water partition coefficient (Wildman–Crippen LogP) is 8.30. The van der Waals surface area contributed by atoms with E-state index in [4.69, 9.17) is 13.6 Å². The van der Waals surface area contributed by atoms with Gasteiger partial charge in [0.25, 0.3) is 0 Å². The van der Waals surface area contributed by atoms with E-state index >= 15 is 0 Å². The summed E-state index contributed by atoms with van der Waals surface area (Å²) in [7, 11) is -1.83. The summed E-state index contributed by atoms with van der Waals surface area (Å²) < 4.78 is 17.3. The molecule has 32 heavy (non-hydrogen) atoms. The third-order valence-electron chi connectivity index (χ3n) is 5.88. The van der Waals surface area contributed by atoms with Crippen LogP contribution in [0.25, 0.3) is 10.8 Å². The van der Waals surface area contributed by atoms with Gasteiger partial charge in [-0.25, -0.2) is 4.79 Å². The molecule has 4 rings (SSSR count). The number of carbonyl (C=O) groups excluding carboxylic acids is 1. The fraction of sp³-hybridized carbons (Fsp3) is 0.370. The van der Waals surface area contributed by atoms with Gasteiger partial charge in [-0.05, 0) is 59.9 Å². The lowest BCUT2D eigenvalue weighted by molar-refractivity contribution is 0.0697. The molecule has 168 valence electrons. The van der Waals surface area contributed by atoms with E-state index in [-0.39, 0.29) is 0 Å². The van der Waals surface area contributed by atoms with Gasteiger partial charge in [0, 0.05) is 0 Å². The standard InChI is InChI=1S/C27H31O4P/c1-3-4-5-6-7-8-9-12-21-15-16-25(20(2)17-21)29-32-30-26-19-23-14-11-10-13-22(23)18-24(26)27(28)31-32/h10-11,13-19H,3-9,12H2,1-2H3. The van der Waals surface area contributed by atoms with Crippen LogP contribution in [-0.2, 0) is 10.9 Å². The number of rotatable bonds is 10. The summed E-state index contributed by atoms with van der Waals surface area (Å²) >= 11 is 0. The van der Waals surface area contributed by atoms with Crippen molar-refractivity contribution in [2.45, 2.75) is 65.2 Å². The minimum atomic E-state index is -1.83. The molecule has 4 nitrogen and oxygen atoms in total. The first-order valence-electron chi connectivity index (χ1n) is 11.6. The van der Waals surface area contributed by atoms with Crippen molar-refractivity contribution in [1.82, 2.24) is 0 Å². The van der Waals surface area contributed by atoms with Gasteiger partial charge in [0.05, 0.1) is 0 Å². The summed E-state index contributed by atoms with van der Waals surface area (Å²) in [4.78, 5) is 12.5. The van der Waals surface area contributed by atoms with E-state index in [1.807, 2.05) is 49.4 Å². The Kier molecular flexibility index (Phi) is 7.65. The number of benzene rings is 3. The van der Waals surface area contributed by atoms with Gasteiger partial charge >= 0.3 is 14.6 Å². The van der Waals surface area contributed by atoms with Gasteiger partial charge < -0.3 is 13.6 Å². The fourth-order valence-corrected chi connectivity index (χ4v) is 5.07. The Labute approximate surface area is 191 Å². The van der Waals surface area contributed by atoms with Crippen LogP contribution >= 0.6 is 8.60 Å². The Bertz CT molecular complexity index is 1080. The zero-order valence-electron chi connectivity index (χ0n) is 18.9. The Morgan fingerprint density at radius 1 is 0.844 bits per heavy atom. The van der Waals surface area contributed by atoms with Crippen molar-refractivity contribution in [3.63, 3.8) is 0 Å². The maximum Gasteiger partial charge on any atom is 0.532 e. The molecule has 0 aromatic heterocycles. The highest BCUT2D eigenvalue weighted by Crippen LogP contribution is 2.48. The van der Waals surface area contributed by atoms with E-state index in [1.54, 1.807) is 0 Å². The summed E-state index contributed by atoms with van der Waals surface area (Å²) in [6.45, 7) is 4.27. The van der Waals surface area contributed by atoms with Gasteiger partial charge in [0.15, 0.2) is 0 Å². The van der Waals surface area contributed by atoms with Crippen LogP contribution in [-0.4, -0.2) is 5.97 Å². The first-order chi connectivity index (χ1) is 15.6. The molecule has 0 saturated heterocycles. The van der Waals surface area contributed by atoms with Crippen molar-refractivity contribution < 1.29 is 18.4 Å². The van der Waals surface area contributed by atoms with Crippen LogP contribution in [0.15, 0.2) is 54.6 Å². The molecule has 0 N–H and O–H groups in total. The van der Waals surface area contributed by atoms with Gasteiger partial charge in [-0.3, -0.25) is 0 Å². The van der Waals surface area contributed by atoms with Gasteiger partial charge in [0.1, 0.15) is 17.1 Å². The number of hydrogen-bond donors (Lipinski definition) is 0. The molecule has 1 heterocycles. The fourth-order valence-electron chi connectivity index (χ4n) is 4.04. The summed E-state index contributed by atoms with van der Waals surface area (Å²) in [5.41, 5.74) is 2.78. The molecule has 0 radical (unpaired) electrons. The van der Waals surface area contributed by atoms with Gasteiger partial charge in [-0.15, -0.1) is 0 Å². The van der Waals surface area contributed by atoms with E-state index < -0.39 is 14.6 Å². The molecule has 3 aromatic carbocycles. The summed E-state index contributed by atoms with van der Waals surface area (Å²) in [5.74, 6) is 0.798. The van der Waals surface area contributed by atoms with Crippen molar-refractivity contribution in [1.29, 1.82) is 0 Å². The lowest BCUT2D eigenvalue weighted by atomic mass is 10.0. The van der Waals surface area contributed by atoms with Crippen LogP contribution in [0.5, 0.6) is 11.5 Å². The molecule has 0 fully saturated rings. The minimum absolute atomic E-state index is 0.406. The largest absolute Gasteiger partial charge is 0.532 e. The van der Waals surface area contributed by atoms with Crippen molar-refractivity contribution in [3.8, 4) is 11.5 Å². The Morgan fingerprint density at radius 2 is 1.56 bits per heavy atom. The highest BCUT2D eigenvalue weighted by Gasteiger charge is 2.33. The third kappa shape index (κ3) is 5.61. The van der Waals surface area contributed by atoms with Crippen molar-refractivity contribution in [2.75, 3.05) is 0 Å². The van der Waals surface area contributed by atoms with Crippen molar-refractivity contribution in [2.24, 2.45) is 0 Å². The average molecular weight is 451 g/mol. The van der Waals surface area contributed by atoms with Crippen LogP contribution in [0, 0.1) is 6.92 Å². The van der Waals surface area contributed by atoms with E-state index in [2.05, 4.69) is 19.1 Å². The number of carbonyl (C=O) groups is 1. The number of hydrogen-bond acceptors (Lipinski definition) is 4. The summed E-state index contributed by atoms with van der Waals surface area (Å²) in [6.07, 6.45) is 10.3. The lowest BCUT2D eigenvalue weighted by Crippen LogP contribution is -2.14. The van der Waals surface area contributed by atoms with Gasteiger partial charge in [0.2, 0.25) is 0 Å². The first kappa shape index (κ1) is 22.6. The Balaban J connectivity index is 1.34. The Morgan fingerprint density at radius 3 is 2.31 bits per heavy atom. The molecule has 0 amide bonds. The SMILES string of the molecule is CCCCCCCCCc1ccc(OP2OC(=O)c3cc4ccccc4cc3O2)c(C)c1. The minimum Gasteiger partial charge on any atom is -0.408 e. The summed E-state index contributed by atoms with van der Waals surface area (Å²) in [6, 6.07) is 17.8. The number of fused-ring (bicyclic) bond motifs is 2. The van der Waals surface area contributed by atoms with E-state index in [9.17, 15) is 4.79 Å². The predicted molar refractivity (Wildman–Crippen MR) is 130 cm³/mol. The highest BCUT2D eigenvalue weighted by molar-refractivity contribution is 7.43. The molecule has 1 aliphatic heterocycles. The summed E-state index contributed by atoms with van der Waals surface area (Å²) in [5, 5.41) is 1.99. The van der Waals surface area contributed by atoms with Crippen LogP contribution in [0.2, 0.25) is 0 Å². The van der Waals surface area contributed by atoms with E-state index in [0.717, 1.165) is 22.8 Å². The van der Waals surface area contributed by atoms with Crippen LogP contribution in [0.4, 0.5) is 0 Å². The molecule has 0 bridgehead atoms. The highest BCUT2D eigenvalue weighted by atomic mass is 31.2. The lowest BCUT2D eigenvalue weighted by Gasteiger charge is -2.23. The molecule has 3 aromatic rings. The quantitative estimate of drug-likeness (QED) is 0.230. The molecule has 0 aliphatic carbocycles. The maximum atomic E-state index is 12.5. The average Bonchev–Trinajstić information content (AvgIpc) is 2.79. The molecule has 0 saturated carbocycles. The topological polar surface area (TPSA) is 44.8 Å². The molecule has 5 heteroatoms. The molecule has 1 unspecified atom stereocenters.